The van der Waals surface area contributed by atoms with Gasteiger partial charge < -0.3 is 48.5 Å². The summed E-state index contributed by atoms with van der Waals surface area (Å²) in [6.45, 7) is 11.1. The van der Waals surface area contributed by atoms with E-state index >= 15 is 0 Å². The third-order valence-corrected chi connectivity index (χ3v) is 12.4. The third-order valence-electron chi connectivity index (χ3n) is 12.4. The number of hydrogen-bond acceptors (Lipinski definition) is 14. The quantitative estimate of drug-likeness (QED) is 0.0417. The number of alkyl carbamates (subject to hydrolysis) is 2. The molecule has 0 spiro atoms. The van der Waals surface area contributed by atoms with E-state index in [2.05, 4.69) is 23.8 Å². The number of hydrogen-bond donors (Lipinski definition) is 2. The average molecular weight is 891 g/mol. The number of Topliss-reactive ketones (excluding diaryl/α,β-unsaturated/α-hetero) is 1. The first-order valence-electron chi connectivity index (χ1n) is 23.4. The molecule has 4 rings (SSSR count). The zero-order valence-corrected chi connectivity index (χ0v) is 37.8. The molecule has 0 aliphatic heterocycles. The van der Waals surface area contributed by atoms with Crippen molar-refractivity contribution in [2.45, 2.75) is 154 Å². The molecule has 4 fully saturated rings. The smallest absolute Gasteiger partial charge is 0.407 e. The van der Waals surface area contributed by atoms with Gasteiger partial charge in [0.2, 0.25) is 0 Å². The number of carbonyl (C=O) groups excluding carboxylic acids is 6. The van der Waals surface area contributed by atoms with Gasteiger partial charge >= 0.3 is 30.1 Å². The molecule has 0 aromatic rings. The van der Waals surface area contributed by atoms with Crippen LogP contribution in [0.5, 0.6) is 0 Å². The van der Waals surface area contributed by atoms with Crippen molar-refractivity contribution in [3.63, 3.8) is 0 Å². The predicted octanol–water partition coefficient (Wildman–Crippen LogP) is 6.85. The molecule has 2 atom stereocenters. The van der Waals surface area contributed by atoms with Gasteiger partial charge in [0.1, 0.15) is 25.6 Å². The summed E-state index contributed by atoms with van der Waals surface area (Å²) in [5.41, 5.74) is 0.542. The lowest BCUT2D eigenvalue weighted by Crippen LogP contribution is -2.38. The molecule has 4 aliphatic carbocycles. The van der Waals surface area contributed by atoms with Crippen LogP contribution in [0, 0.1) is 23.7 Å². The second-order valence-corrected chi connectivity index (χ2v) is 17.8. The van der Waals surface area contributed by atoms with Crippen molar-refractivity contribution in [2.75, 3.05) is 59.3 Å². The van der Waals surface area contributed by atoms with Gasteiger partial charge in [-0.3, -0.25) is 9.59 Å². The Kier molecular flexibility index (Phi) is 23.5. The second-order valence-electron chi connectivity index (χ2n) is 17.8. The first kappa shape index (κ1) is 51.6. The van der Waals surface area contributed by atoms with Crippen molar-refractivity contribution in [3.05, 3.63) is 24.3 Å². The van der Waals surface area contributed by atoms with Crippen LogP contribution in [0.1, 0.15) is 129 Å². The number of ether oxygens (including phenoxy) is 8. The maximum Gasteiger partial charge on any atom is 0.407 e. The molecule has 2 unspecified atom stereocenters. The summed E-state index contributed by atoms with van der Waals surface area (Å²) in [5, 5.41) is 5.16. The Bertz CT molecular complexity index is 1480. The van der Waals surface area contributed by atoms with Gasteiger partial charge in [0.25, 0.3) is 0 Å². The standard InChI is InChI=1S/C47H74N2O14/c1-32(2)43(51)57-25-23-48-46(54)62-40(29-59-38-11-7-5-8-12-38)28-56-27-34-15-17-35(18-16-34)42(50)36-19-21-37(22-20-36)45(53)61-31-41(30-60-39-13-9-6-10-14-39)63-47(55)49-24-26-58-44(52)33(3)4/h34-41H,1,3,5-31H2,2,4H3,(H,48,54)(H,49,55). The fourth-order valence-electron chi connectivity index (χ4n) is 8.63. The van der Waals surface area contributed by atoms with Crippen molar-refractivity contribution in [1.29, 1.82) is 0 Å². The van der Waals surface area contributed by atoms with Gasteiger partial charge in [-0.2, -0.15) is 0 Å². The molecule has 0 saturated heterocycles. The molecule has 16 nitrogen and oxygen atoms in total. The number of nitrogens with one attached hydrogen (secondary N) is 2. The van der Waals surface area contributed by atoms with Crippen molar-refractivity contribution in [2.24, 2.45) is 23.7 Å². The zero-order valence-electron chi connectivity index (χ0n) is 37.8. The minimum atomic E-state index is -0.813. The number of esters is 3. The Balaban J connectivity index is 1.14. The fraction of sp³-hybridized carbons (Fsp3) is 0.787. The minimum Gasteiger partial charge on any atom is -0.461 e. The van der Waals surface area contributed by atoms with Crippen LogP contribution in [0.4, 0.5) is 9.59 Å². The molecule has 0 heterocycles. The molecule has 4 saturated carbocycles. The number of rotatable bonds is 25. The predicted molar refractivity (Wildman–Crippen MR) is 231 cm³/mol. The molecule has 16 heteroatoms. The van der Waals surface area contributed by atoms with Crippen LogP contribution in [-0.2, 0) is 57.1 Å². The van der Waals surface area contributed by atoms with Crippen LogP contribution in [0.2, 0.25) is 0 Å². The van der Waals surface area contributed by atoms with E-state index in [0.717, 1.165) is 77.0 Å². The number of carbonyl (C=O) groups is 6. The van der Waals surface area contributed by atoms with E-state index in [9.17, 15) is 28.8 Å². The number of ketones is 1. The van der Waals surface area contributed by atoms with Gasteiger partial charge in [0, 0.05) is 29.6 Å². The first-order valence-corrected chi connectivity index (χ1v) is 23.4. The Hall–Kier alpha value is -4.02. The fourth-order valence-corrected chi connectivity index (χ4v) is 8.63. The highest BCUT2D eigenvalue weighted by Gasteiger charge is 2.36. The van der Waals surface area contributed by atoms with E-state index in [4.69, 9.17) is 37.9 Å². The van der Waals surface area contributed by atoms with Crippen LogP contribution in [0.3, 0.4) is 0 Å². The SMILES string of the molecule is C=C(C)C(=O)OCCNC(=O)OC(COCC1CCC(C(=O)C2CCC(C(=O)OCC(COC3CCCCC3)OC(=O)NCCOC(=O)C(=C)C)CC2)CC1)COC1CCCCC1. The minimum absolute atomic E-state index is 0.000918. The van der Waals surface area contributed by atoms with E-state index < -0.39 is 36.3 Å². The summed E-state index contributed by atoms with van der Waals surface area (Å²) in [5.74, 6) is -1.30. The first-order chi connectivity index (χ1) is 30.4. The van der Waals surface area contributed by atoms with Crippen molar-refractivity contribution in [3.8, 4) is 0 Å². The lowest BCUT2D eigenvalue weighted by Gasteiger charge is -2.33. The molecule has 0 bridgehead atoms. The molecule has 4 aliphatic rings. The third kappa shape index (κ3) is 20.1. The molecule has 2 N–H and O–H groups in total. The van der Waals surface area contributed by atoms with Gasteiger partial charge in [-0.1, -0.05) is 51.7 Å². The van der Waals surface area contributed by atoms with Crippen molar-refractivity contribution >= 4 is 35.9 Å². The van der Waals surface area contributed by atoms with Crippen LogP contribution in [0.15, 0.2) is 24.3 Å². The van der Waals surface area contributed by atoms with E-state index in [0.29, 0.717) is 32.3 Å². The molecule has 0 aromatic carbocycles. The van der Waals surface area contributed by atoms with Gasteiger partial charge in [0.05, 0.1) is 51.0 Å². The summed E-state index contributed by atoms with van der Waals surface area (Å²) in [4.78, 5) is 75.1. The Labute approximate surface area is 373 Å². The Morgan fingerprint density at radius 1 is 0.524 bits per heavy atom. The Morgan fingerprint density at radius 3 is 1.41 bits per heavy atom. The summed E-state index contributed by atoms with van der Waals surface area (Å²) in [6.07, 6.45) is 13.7. The monoisotopic (exact) mass is 891 g/mol. The summed E-state index contributed by atoms with van der Waals surface area (Å²) >= 11 is 0. The van der Waals surface area contributed by atoms with Crippen molar-refractivity contribution < 1.29 is 66.7 Å². The molecular weight excluding hydrogens is 817 g/mol. The maximum absolute atomic E-state index is 13.6. The number of amides is 2. The van der Waals surface area contributed by atoms with E-state index in [1.807, 2.05) is 0 Å². The lowest BCUT2D eigenvalue weighted by molar-refractivity contribution is -0.155. The molecule has 0 aromatic heterocycles. The summed E-state index contributed by atoms with van der Waals surface area (Å²) in [7, 11) is 0. The molecule has 63 heavy (non-hydrogen) atoms. The highest BCUT2D eigenvalue weighted by atomic mass is 16.6. The van der Waals surface area contributed by atoms with E-state index in [1.54, 1.807) is 6.92 Å². The summed E-state index contributed by atoms with van der Waals surface area (Å²) in [6, 6.07) is 0. The molecule has 2 amide bonds. The van der Waals surface area contributed by atoms with Crippen LogP contribution in [0.25, 0.3) is 0 Å². The second kappa shape index (κ2) is 28.7. The highest BCUT2D eigenvalue weighted by molar-refractivity contribution is 5.87. The average Bonchev–Trinajstić information content (AvgIpc) is 3.29. The van der Waals surface area contributed by atoms with Crippen LogP contribution in [-0.4, -0.2) is 120 Å². The zero-order chi connectivity index (χ0) is 45.4. The van der Waals surface area contributed by atoms with Crippen LogP contribution < -0.4 is 10.6 Å². The maximum atomic E-state index is 13.6. The van der Waals surface area contributed by atoms with Gasteiger partial charge in [-0.05, 0) is 96.8 Å². The Morgan fingerprint density at radius 2 is 0.952 bits per heavy atom. The van der Waals surface area contributed by atoms with Gasteiger partial charge in [-0.15, -0.1) is 0 Å². The van der Waals surface area contributed by atoms with Crippen LogP contribution >= 0.6 is 0 Å². The molecule has 356 valence electrons. The van der Waals surface area contributed by atoms with E-state index in [-0.39, 0.29) is 112 Å². The molecule has 0 radical (unpaired) electrons. The molecular formula is C47H74N2O14. The topological polar surface area (TPSA) is 200 Å². The normalized spacial score (nSPS) is 23.0. The van der Waals surface area contributed by atoms with Gasteiger partial charge in [-0.25, -0.2) is 19.2 Å². The van der Waals surface area contributed by atoms with Gasteiger partial charge in [0.15, 0.2) is 12.2 Å². The lowest BCUT2D eigenvalue weighted by atomic mass is 9.72. The largest absolute Gasteiger partial charge is 0.461 e. The highest BCUT2D eigenvalue weighted by Crippen LogP contribution is 2.37. The van der Waals surface area contributed by atoms with Crippen molar-refractivity contribution in [1.82, 2.24) is 10.6 Å². The summed E-state index contributed by atoms with van der Waals surface area (Å²) < 4.78 is 45.2. The van der Waals surface area contributed by atoms with E-state index in [1.165, 1.54) is 19.8 Å².